The van der Waals surface area contributed by atoms with Gasteiger partial charge in [0.05, 0.1) is 17.0 Å². The number of imidazole rings is 1. The van der Waals surface area contributed by atoms with Gasteiger partial charge in [-0.1, -0.05) is 38.4 Å². The molecule has 0 fully saturated rings. The highest BCUT2D eigenvalue weighted by molar-refractivity contribution is 6.32. The average molecular weight is 503 g/mol. The molecule has 1 aromatic carbocycles. The van der Waals surface area contributed by atoms with Crippen LogP contribution in [0.1, 0.15) is 37.7 Å². The number of carboxylic acids is 1. The lowest BCUT2D eigenvalue weighted by Gasteiger charge is -2.16. The van der Waals surface area contributed by atoms with Gasteiger partial charge in [0.25, 0.3) is 11.1 Å². The van der Waals surface area contributed by atoms with Crippen LogP contribution in [0.3, 0.4) is 0 Å². The molecule has 0 saturated carbocycles. The lowest BCUT2D eigenvalue weighted by Crippen LogP contribution is -2.46. The third-order valence-corrected chi connectivity index (χ3v) is 4.55. The first-order valence-electron chi connectivity index (χ1n) is 9.45. The van der Waals surface area contributed by atoms with Crippen molar-refractivity contribution in [2.75, 3.05) is 0 Å². The van der Waals surface area contributed by atoms with Crippen LogP contribution in [0.5, 0.6) is 0 Å². The van der Waals surface area contributed by atoms with Gasteiger partial charge in [0, 0.05) is 16.7 Å². The number of aromatic nitrogens is 4. The molecule has 0 bridgehead atoms. The van der Waals surface area contributed by atoms with Gasteiger partial charge in [-0.15, -0.1) is 0 Å². The molecule has 3 rings (SSSR count). The van der Waals surface area contributed by atoms with Gasteiger partial charge < -0.3 is 20.1 Å². The Morgan fingerprint density at radius 2 is 1.59 bits per heavy atom. The molecule has 0 aliphatic heterocycles. The highest BCUT2D eigenvalue weighted by Crippen LogP contribution is 2.23. The van der Waals surface area contributed by atoms with Gasteiger partial charge in [-0.05, 0) is 24.3 Å². The lowest BCUT2D eigenvalue weighted by atomic mass is 9.90. The number of hydrogen-bond acceptors (Lipinski definition) is 4. The summed E-state index contributed by atoms with van der Waals surface area (Å²) in [5.74, 6) is -3.35. The van der Waals surface area contributed by atoms with Crippen LogP contribution in [0.2, 0.25) is 5.02 Å². The number of aromatic amines is 3. The summed E-state index contributed by atoms with van der Waals surface area (Å²) >= 11 is 5.96. The van der Waals surface area contributed by atoms with E-state index in [1.165, 1.54) is 36.7 Å². The van der Waals surface area contributed by atoms with E-state index in [0.29, 0.717) is 5.69 Å². The van der Waals surface area contributed by atoms with Crippen molar-refractivity contribution in [3.8, 4) is 0 Å². The number of carbonyl (C=O) groups is 1. The van der Waals surface area contributed by atoms with Crippen LogP contribution >= 0.6 is 11.6 Å². The summed E-state index contributed by atoms with van der Waals surface area (Å²) in [7, 11) is 0. The first-order chi connectivity index (χ1) is 15.6. The third-order valence-electron chi connectivity index (χ3n) is 4.22. The van der Waals surface area contributed by atoms with E-state index in [1.807, 2.05) is 20.8 Å². The predicted molar refractivity (Wildman–Crippen MR) is 116 cm³/mol. The molecule has 2 heterocycles. The quantitative estimate of drug-likeness (QED) is 0.399. The summed E-state index contributed by atoms with van der Waals surface area (Å²) in [4.78, 5) is 45.9. The van der Waals surface area contributed by atoms with Crippen LogP contribution in [0.4, 0.5) is 17.6 Å². The normalized spacial score (nSPS) is 12.9. The molecule has 0 saturated heterocycles. The monoisotopic (exact) mass is 502 g/mol. The van der Waals surface area contributed by atoms with Crippen LogP contribution in [0.15, 0.2) is 34.1 Å². The molecule has 8 nitrogen and oxygen atoms in total. The summed E-state index contributed by atoms with van der Waals surface area (Å²) in [5.41, 5.74) is 0.0858. The minimum absolute atomic E-state index is 0.0272. The fourth-order valence-electron chi connectivity index (χ4n) is 2.64. The molecule has 0 unspecified atom stereocenters. The second kappa shape index (κ2) is 10.1. The van der Waals surface area contributed by atoms with E-state index < -0.39 is 29.1 Å². The van der Waals surface area contributed by atoms with Crippen molar-refractivity contribution in [3.63, 3.8) is 0 Å². The number of nitrogens with zero attached hydrogens (tertiary/aromatic N) is 1. The molecule has 3 aromatic rings. The van der Waals surface area contributed by atoms with E-state index in [-0.39, 0.29) is 26.7 Å². The van der Waals surface area contributed by atoms with Gasteiger partial charge in [0.1, 0.15) is 16.5 Å². The van der Waals surface area contributed by atoms with Crippen molar-refractivity contribution in [2.24, 2.45) is 0 Å². The van der Waals surface area contributed by atoms with E-state index in [9.17, 15) is 27.2 Å². The number of halogens is 5. The molecule has 0 radical (unpaired) electrons. The molecule has 0 atom stereocenters. The standard InChI is InChI=1S/C19H18ClFN4O2.C2HF3O2/c1-19(2,3)16-13(22-9-23-16)8-15-18(27)24-14(17(26)25-15)7-10-11(20)5-4-6-12(10)21;3-2(4,5)1(6)7/h4-9H,1-3H3,(H,22,23)(H,24,27)(H,25,26);(H,6,7)/b14-7-,15-8-;. The Kier molecular flexibility index (Phi) is 7.88. The summed E-state index contributed by atoms with van der Waals surface area (Å²) in [6.45, 7) is 6.00. The molecule has 182 valence electrons. The van der Waals surface area contributed by atoms with E-state index in [1.54, 1.807) is 0 Å². The number of H-pyrrole nitrogens is 3. The van der Waals surface area contributed by atoms with Crippen molar-refractivity contribution in [1.29, 1.82) is 0 Å². The van der Waals surface area contributed by atoms with Crippen molar-refractivity contribution in [3.05, 3.63) is 83.7 Å². The average Bonchev–Trinajstić information content (AvgIpc) is 3.17. The Hall–Kier alpha value is -3.67. The molecule has 34 heavy (non-hydrogen) atoms. The molecule has 0 amide bonds. The number of nitrogens with one attached hydrogen (secondary N) is 3. The first kappa shape index (κ1) is 26.6. The van der Waals surface area contributed by atoms with Gasteiger partial charge >= 0.3 is 12.1 Å². The fourth-order valence-corrected chi connectivity index (χ4v) is 2.86. The van der Waals surface area contributed by atoms with E-state index in [0.717, 1.165) is 5.69 Å². The molecular weight excluding hydrogens is 484 g/mol. The Balaban J connectivity index is 0.000000509. The molecule has 0 spiro atoms. The Morgan fingerprint density at radius 1 is 1.06 bits per heavy atom. The fraction of sp³-hybridized carbons (Fsp3) is 0.238. The zero-order valence-electron chi connectivity index (χ0n) is 18.0. The number of aliphatic carboxylic acids is 1. The van der Waals surface area contributed by atoms with Crippen molar-refractivity contribution in [1.82, 2.24) is 19.9 Å². The van der Waals surface area contributed by atoms with Gasteiger partial charge in [-0.25, -0.2) is 14.2 Å². The maximum atomic E-state index is 13.9. The molecule has 0 aliphatic rings. The van der Waals surface area contributed by atoms with Crippen molar-refractivity contribution >= 4 is 29.7 Å². The van der Waals surface area contributed by atoms with Gasteiger partial charge in [0.15, 0.2) is 0 Å². The maximum absolute atomic E-state index is 13.9. The SMILES string of the molecule is CC(C)(C)c1[nH]cnc1/C=c1\[nH]c(=O)/c(=C/c2c(F)cccc2Cl)[nH]c1=O.O=C(O)C(F)(F)F. The summed E-state index contributed by atoms with van der Waals surface area (Å²) < 4.78 is 45.7. The van der Waals surface area contributed by atoms with E-state index in [2.05, 4.69) is 19.9 Å². The Bertz CT molecular complexity index is 1410. The molecule has 4 N–H and O–H groups in total. The first-order valence-corrected chi connectivity index (χ1v) is 9.83. The highest BCUT2D eigenvalue weighted by atomic mass is 35.5. The zero-order chi connectivity index (χ0) is 25.8. The maximum Gasteiger partial charge on any atom is 0.490 e. The van der Waals surface area contributed by atoms with Gasteiger partial charge in [0.2, 0.25) is 0 Å². The summed E-state index contributed by atoms with van der Waals surface area (Å²) in [6.07, 6.45) is -0.852. The number of carboxylic acid groups (broad SMARTS) is 1. The van der Waals surface area contributed by atoms with Crippen LogP contribution < -0.4 is 21.8 Å². The number of alkyl halides is 3. The highest BCUT2D eigenvalue weighted by Gasteiger charge is 2.38. The van der Waals surface area contributed by atoms with Gasteiger partial charge in [-0.3, -0.25) is 9.59 Å². The number of hydrogen-bond donors (Lipinski definition) is 4. The lowest BCUT2D eigenvalue weighted by molar-refractivity contribution is -0.192. The minimum Gasteiger partial charge on any atom is -0.475 e. The van der Waals surface area contributed by atoms with Crippen molar-refractivity contribution in [2.45, 2.75) is 32.4 Å². The predicted octanol–water partition coefficient (Wildman–Crippen LogP) is 2.17. The molecule has 13 heteroatoms. The van der Waals surface area contributed by atoms with Crippen LogP contribution in [0, 0.1) is 5.82 Å². The smallest absolute Gasteiger partial charge is 0.475 e. The largest absolute Gasteiger partial charge is 0.490 e. The van der Waals surface area contributed by atoms with Gasteiger partial charge in [-0.2, -0.15) is 13.2 Å². The minimum atomic E-state index is -5.08. The summed E-state index contributed by atoms with van der Waals surface area (Å²) in [5, 5.41) is 7.22. The summed E-state index contributed by atoms with van der Waals surface area (Å²) in [6, 6.07) is 4.17. The molecular formula is C21H19ClF4N4O4. The topological polar surface area (TPSA) is 132 Å². The number of benzene rings is 1. The molecule has 2 aromatic heterocycles. The third kappa shape index (κ3) is 6.67. The van der Waals surface area contributed by atoms with E-state index >= 15 is 0 Å². The van der Waals surface area contributed by atoms with E-state index in [4.69, 9.17) is 21.5 Å². The van der Waals surface area contributed by atoms with Crippen LogP contribution in [-0.4, -0.2) is 37.2 Å². The zero-order valence-corrected chi connectivity index (χ0v) is 18.7. The Labute approximate surface area is 193 Å². The molecule has 0 aliphatic carbocycles. The van der Waals surface area contributed by atoms with Crippen LogP contribution in [-0.2, 0) is 10.2 Å². The second-order valence-corrected chi connectivity index (χ2v) is 8.28. The van der Waals surface area contributed by atoms with Crippen LogP contribution in [0.25, 0.3) is 12.2 Å². The van der Waals surface area contributed by atoms with Crippen molar-refractivity contribution < 1.29 is 27.5 Å². The second-order valence-electron chi connectivity index (χ2n) is 7.88. The number of rotatable bonds is 2. The Morgan fingerprint density at radius 3 is 2.06 bits per heavy atom.